The Hall–Kier alpha value is -1.60. The molecular weight excluding hydrogens is 388 g/mol. The van der Waals surface area contributed by atoms with Gasteiger partial charge in [0.25, 0.3) is 5.91 Å². The molecule has 1 N–H and O–H groups in total. The quantitative estimate of drug-likeness (QED) is 0.706. The standard InChI is InChI=1S/C15H18BrClN2O4/c1-3-18-13(20)8-19(4-2)14(21)9-23-15(22)11-7-10(16)5-6-12(11)17/h5-7H,3-4,8-9H2,1-2H3,(H,18,20). The fourth-order valence-corrected chi connectivity index (χ4v) is 2.31. The lowest BCUT2D eigenvalue weighted by molar-refractivity contribution is -0.138. The van der Waals surface area contributed by atoms with E-state index in [1.807, 2.05) is 0 Å². The lowest BCUT2D eigenvalue weighted by Crippen LogP contribution is -2.42. The van der Waals surface area contributed by atoms with E-state index in [9.17, 15) is 14.4 Å². The zero-order valence-electron chi connectivity index (χ0n) is 12.9. The minimum absolute atomic E-state index is 0.0711. The highest BCUT2D eigenvalue weighted by Crippen LogP contribution is 2.21. The number of nitrogens with one attached hydrogen (secondary N) is 1. The van der Waals surface area contributed by atoms with Crippen molar-refractivity contribution in [3.8, 4) is 0 Å². The number of hydrogen-bond donors (Lipinski definition) is 1. The van der Waals surface area contributed by atoms with Crippen molar-refractivity contribution in [3.63, 3.8) is 0 Å². The number of benzene rings is 1. The summed E-state index contributed by atoms with van der Waals surface area (Å²) >= 11 is 9.16. The molecular formula is C15H18BrClN2O4. The Morgan fingerprint density at radius 1 is 1.30 bits per heavy atom. The second-order valence-electron chi connectivity index (χ2n) is 4.56. The van der Waals surface area contributed by atoms with Gasteiger partial charge >= 0.3 is 5.97 Å². The zero-order valence-corrected chi connectivity index (χ0v) is 15.2. The second kappa shape index (κ2) is 9.52. The lowest BCUT2D eigenvalue weighted by atomic mass is 10.2. The van der Waals surface area contributed by atoms with E-state index >= 15 is 0 Å². The van der Waals surface area contributed by atoms with Gasteiger partial charge in [0.1, 0.15) is 0 Å². The molecule has 23 heavy (non-hydrogen) atoms. The number of rotatable bonds is 7. The number of ether oxygens (including phenoxy) is 1. The van der Waals surface area contributed by atoms with Crippen molar-refractivity contribution < 1.29 is 19.1 Å². The van der Waals surface area contributed by atoms with Crippen LogP contribution < -0.4 is 5.32 Å². The highest BCUT2D eigenvalue weighted by Gasteiger charge is 2.19. The van der Waals surface area contributed by atoms with Crippen LogP contribution >= 0.6 is 27.5 Å². The van der Waals surface area contributed by atoms with E-state index in [2.05, 4.69) is 21.2 Å². The number of hydrogen-bond acceptors (Lipinski definition) is 4. The van der Waals surface area contributed by atoms with Crippen LogP contribution in [0.4, 0.5) is 0 Å². The molecule has 0 bridgehead atoms. The molecule has 0 saturated carbocycles. The Balaban J connectivity index is 2.61. The van der Waals surface area contributed by atoms with Crippen LogP contribution in [0.25, 0.3) is 0 Å². The molecule has 126 valence electrons. The number of esters is 1. The Bertz CT molecular complexity index is 595. The van der Waals surface area contributed by atoms with Crippen molar-refractivity contribution in [2.24, 2.45) is 0 Å². The van der Waals surface area contributed by atoms with E-state index in [0.717, 1.165) is 0 Å². The van der Waals surface area contributed by atoms with Crippen molar-refractivity contribution in [2.45, 2.75) is 13.8 Å². The third-order valence-corrected chi connectivity index (χ3v) is 3.74. The minimum atomic E-state index is -0.696. The highest BCUT2D eigenvalue weighted by atomic mass is 79.9. The molecule has 0 aliphatic carbocycles. The maximum Gasteiger partial charge on any atom is 0.340 e. The molecule has 1 aromatic carbocycles. The van der Waals surface area contributed by atoms with Crippen LogP contribution in [0.1, 0.15) is 24.2 Å². The molecule has 0 saturated heterocycles. The van der Waals surface area contributed by atoms with Crippen LogP contribution in [-0.2, 0) is 14.3 Å². The largest absolute Gasteiger partial charge is 0.452 e. The summed E-state index contributed by atoms with van der Waals surface area (Å²) in [5.74, 6) is -1.40. The van der Waals surface area contributed by atoms with E-state index in [1.54, 1.807) is 26.0 Å². The number of carbonyl (C=O) groups is 3. The van der Waals surface area contributed by atoms with E-state index in [1.165, 1.54) is 11.0 Å². The summed E-state index contributed by atoms with van der Waals surface area (Å²) in [5, 5.41) is 2.84. The number of halogens is 2. The van der Waals surface area contributed by atoms with Gasteiger partial charge in [0.2, 0.25) is 5.91 Å². The Labute approximate surface area is 148 Å². The summed E-state index contributed by atoms with van der Waals surface area (Å²) in [4.78, 5) is 36.8. The van der Waals surface area contributed by atoms with Gasteiger partial charge in [-0.3, -0.25) is 9.59 Å². The smallest absolute Gasteiger partial charge is 0.340 e. The first-order valence-corrected chi connectivity index (χ1v) is 8.22. The van der Waals surface area contributed by atoms with Crippen molar-refractivity contribution in [2.75, 3.05) is 26.2 Å². The van der Waals surface area contributed by atoms with Crippen molar-refractivity contribution in [1.29, 1.82) is 0 Å². The molecule has 0 heterocycles. The van der Waals surface area contributed by atoms with Gasteiger partial charge in [-0.1, -0.05) is 27.5 Å². The van der Waals surface area contributed by atoms with Gasteiger partial charge in [0.05, 0.1) is 17.1 Å². The molecule has 6 nitrogen and oxygen atoms in total. The number of carbonyl (C=O) groups excluding carboxylic acids is 3. The maximum atomic E-state index is 12.0. The monoisotopic (exact) mass is 404 g/mol. The van der Waals surface area contributed by atoms with Crippen molar-refractivity contribution in [1.82, 2.24) is 10.2 Å². The maximum absolute atomic E-state index is 12.0. The van der Waals surface area contributed by atoms with Crippen LogP contribution in [0.5, 0.6) is 0 Å². The topological polar surface area (TPSA) is 75.7 Å². The summed E-state index contributed by atoms with van der Waals surface area (Å²) in [7, 11) is 0. The summed E-state index contributed by atoms with van der Waals surface area (Å²) in [6, 6.07) is 4.76. The normalized spacial score (nSPS) is 10.1. The average molecular weight is 406 g/mol. The van der Waals surface area contributed by atoms with Crippen molar-refractivity contribution in [3.05, 3.63) is 33.3 Å². The van der Waals surface area contributed by atoms with E-state index in [-0.39, 0.29) is 23.0 Å². The molecule has 0 aliphatic rings. The molecule has 1 aromatic rings. The molecule has 0 radical (unpaired) electrons. The number of amides is 2. The van der Waals surface area contributed by atoms with Crippen LogP contribution in [0.2, 0.25) is 5.02 Å². The predicted octanol–water partition coefficient (Wildman–Crippen LogP) is 2.24. The number of nitrogens with zero attached hydrogens (tertiary/aromatic N) is 1. The Morgan fingerprint density at radius 3 is 2.61 bits per heavy atom. The SMILES string of the molecule is CCNC(=O)CN(CC)C(=O)COC(=O)c1cc(Br)ccc1Cl. The third kappa shape index (κ3) is 6.19. The summed E-state index contributed by atoms with van der Waals surface area (Å²) < 4.78 is 5.66. The van der Waals surface area contributed by atoms with Gasteiger partial charge in [-0.25, -0.2) is 4.79 Å². The molecule has 0 aromatic heterocycles. The van der Waals surface area contributed by atoms with Crippen LogP contribution in [-0.4, -0.2) is 48.9 Å². The third-order valence-electron chi connectivity index (χ3n) is 2.92. The van der Waals surface area contributed by atoms with Gasteiger partial charge in [0, 0.05) is 17.6 Å². The Morgan fingerprint density at radius 2 is 2.00 bits per heavy atom. The van der Waals surface area contributed by atoms with Crippen LogP contribution in [0, 0.1) is 0 Å². The molecule has 0 aliphatic heterocycles. The molecule has 0 atom stereocenters. The summed E-state index contributed by atoms with van der Waals surface area (Å²) in [5.41, 5.74) is 0.167. The fraction of sp³-hybridized carbons (Fsp3) is 0.400. The van der Waals surface area contributed by atoms with E-state index in [0.29, 0.717) is 17.6 Å². The first-order valence-electron chi connectivity index (χ1n) is 7.05. The molecule has 0 unspecified atom stereocenters. The first kappa shape index (κ1) is 19.4. The molecule has 0 spiro atoms. The van der Waals surface area contributed by atoms with Crippen LogP contribution in [0.15, 0.2) is 22.7 Å². The van der Waals surface area contributed by atoms with Crippen molar-refractivity contribution >= 4 is 45.3 Å². The molecule has 8 heteroatoms. The minimum Gasteiger partial charge on any atom is -0.452 e. The van der Waals surface area contributed by atoms with Gasteiger partial charge in [-0.15, -0.1) is 0 Å². The first-order chi connectivity index (χ1) is 10.9. The van der Waals surface area contributed by atoms with Gasteiger partial charge in [0.15, 0.2) is 6.61 Å². The predicted molar refractivity (Wildman–Crippen MR) is 90.4 cm³/mol. The fourth-order valence-electron chi connectivity index (χ4n) is 1.75. The van der Waals surface area contributed by atoms with Gasteiger partial charge in [-0.05, 0) is 32.0 Å². The number of likely N-dealkylation sites (N-methyl/N-ethyl adjacent to an activating group) is 2. The van der Waals surface area contributed by atoms with E-state index in [4.69, 9.17) is 16.3 Å². The summed E-state index contributed by atoms with van der Waals surface area (Å²) in [6.45, 7) is 3.84. The molecule has 2 amide bonds. The molecule has 1 rings (SSSR count). The lowest BCUT2D eigenvalue weighted by Gasteiger charge is -2.20. The van der Waals surface area contributed by atoms with Crippen LogP contribution in [0.3, 0.4) is 0 Å². The summed E-state index contributed by atoms with van der Waals surface area (Å²) in [6.07, 6.45) is 0. The Kier molecular flexibility index (Phi) is 8.05. The zero-order chi connectivity index (χ0) is 17.4. The van der Waals surface area contributed by atoms with Gasteiger partial charge < -0.3 is 15.0 Å². The average Bonchev–Trinajstić information content (AvgIpc) is 2.52. The van der Waals surface area contributed by atoms with E-state index < -0.39 is 18.5 Å². The second-order valence-corrected chi connectivity index (χ2v) is 5.88. The highest BCUT2D eigenvalue weighted by molar-refractivity contribution is 9.10. The molecule has 0 fully saturated rings. The van der Waals surface area contributed by atoms with Gasteiger partial charge in [-0.2, -0.15) is 0 Å².